The number of amides is 1. The predicted octanol–water partition coefficient (Wildman–Crippen LogP) is 2.50. The summed E-state index contributed by atoms with van der Waals surface area (Å²) in [6, 6.07) is 2.20. The molecule has 1 aromatic heterocycles. The van der Waals surface area contributed by atoms with E-state index in [1.165, 1.54) is 19.3 Å². The Morgan fingerprint density at radius 1 is 1.21 bits per heavy atom. The van der Waals surface area contributed by atoms with Gasteiger partial charge in [0.25, 0.3) is 5.91 Å². The molecular formula is C18H28N4O2. The van der Waals surface area contributed by atoms with Crippen LogP contribution >= 0.6 is 0 Å². The van der Waals surface area contributed by atoms with Gasteiger partial charge in [0.15, 0.2) is 11.5 Å². The number of morpholine rings is 1. The summed E-state index contributed by atoms with van der Waals surface area (Å²) in [7, 11) is 0. The Kier molecular flexibility index (Phi) is 5.66. The van der Waals surface area contributed by atoms with E-state index in [1.54, 1.807) is 0 Å². The van der Waals surface area contributed by atoms with E-state index in [0.717, 1.165) is 37.3 Å². The third-order valence-electron chi connectivity index (χ3n) is 4.91. The number of hydrogen-bond acceptors (Lipinski definition) is 5. The van der Waals surface area contributed by atoms with Crippen molar-refractivity contribution in [1.82, 2.24) is 15.5 Å². The molecular weight excluding hydrogens is 304 g/mol. The van der Waals surface area contributed by atoms with Gasteiger partial charge in [-0.3, -0.25) is 4.79 Å². The summed E-state index contributed by atoms with van der Waals surface area (Å²) in [6.07, 6.45) is 5.82. The number of nitrogens with one attached hydrogen (secondary N) is 1. The van der Waals surface area contributed by atoms with Gasteiger partial charge in [-0.1, -0.05) is 33.1 Å². The zero-order valence-corrected chi connectivity index (χ0v) is 14.8. The van der Waals surface area contributed by atoms with Crippen LogP contribution in [0.5, 0.6) is 0 Å². The van der Waals surface area contributed by atoms with Gasteiger partial charge in [0.1, 0.15) is 0 Å². The van der Waals surface area contributed by atoms with Gasteiger partial charge < -0.3 is 15.0 Å². The van der Waals surface area contributed by atoms with Gasteiger partial charge in [-0.2, -0.15) is 0 Å². The third kappa shape index (κ3) is 4.04. The molecule has 0 radical (unpaired) electrons. The Morgan fingerprint density at radius 3 is 2.58 bits per heavy atom. The van der Waals surface area contributed by atoms with Crippen molar-refractivity contribution in [2.45, 2.75) is 57.9 Å². The first-order valence-corrected chi connectivity index (χ1v) is 9.16. The molecule has 1 saturated heterocycles. The van der Waals surface area contributed by atoms with Crippen LogP contribution in [0.25, 0.3) is 0 Å². The van der Waals surface area contributed by atoms with Gasteiger partial charge in [0.05, 0.1) is 13.2 Å². The topological polar surface area (TPSA) is 67.4 Å². The number of rotatable bonds is 4. The second-order valence-corrected chi connectivity index (χ2v) is 7.07. The maximum absolute atomic E-state index is 12.5. The van der Waals surface area contributed by atoms with E-state index in [-0.39, 0.29) is 11.9 Å². The van der Waals surface area contributed by atoms with Gasteiger partial charge in [-0.05, 0) is 24.8 Å². The van der Waals surface area contributed by atoms with Gasteiger partial charge >= 0.3 is 0 Å². The van der Waals surface area contributed by atoms with Crippen molar-refractivity contribution < 1.29 is 9.53 Å². The zero-order valence-electron chi connectivity index (χ0n) is 14.8. The number of hydrogen-bond donors (Lipinski definition) is 1. The Hall–Kier alpha value is -1.69. The van der Waals surface area contributed by atoms with Crippen molar-refractivity contribution in [1.29, 1.82) is 0 Å². The standard InChI is InChI=1S/C18H28N4O2/c1-13(2)15-12-16(18(23)19-14-6-4-3-5-7-14)20-21-17(15)22-8-10-24-11-9-22/h12-14H,3-11H2,1-2H3,(H,19,23). The molecule has 6 heteroatoms. The number of aromatic nitrogens is 2. The summed E-state index contributed by atoms with van der Waals surface area (Å²) < 4.78 is 5.41. The van der Waals surface area contributed by atoms with Crippen LogP contribution in [0.15, 0.2) is 6.07 Å². The van der Waals surface area contributed by atoms with Gasteiger partial charge in [-0.15, -0.1) is 10.2 Å². The highest BCUT2D eigenvalue weighted by Crippen LogP contribution is 2.26. The molecule has 0 bridgehead atoms. The van der Waals surface area contributed by atoms with E-state index in [0.29, 0.717) is 24.8 Å². The molecule has 1 aromatic rings. The van der Waals surface area contributed by atoms with Crippen LogP contribution in [0.3, 0.4) is 0 Å². The molecule has 132 valence electrons. The van der Waals surface area contributed by atoms with E-state index in [2.05, 4.69) is 34.3 Å². The van der Waals surface area contributed by atoms with E-state index >= 15 is 0 Å². The predicted molar refractivity (Wildman–Crippen MR) is 93.5 cm³/mol. The normalized spacial score (nSPS) is 19.5. The molecule has 6 nitrogen and oxygen atoms in total. The lowest BCUT2D eigenvalue weighted by molar-refractivity contribution is 0.0921. The van der Waals surface area contributed by atoms with Crippen molar-refractivity contribution in [3.8, 4) is 0 Å². The highest BCUT2D eigenvalue weighted by molar-refractivity contribution is 5.92. The van der Waals surface area contributed by atoms with Crippen LogP contribution in [0.1, 0.15) is 67.9 Å². The first-order valence-electron chi connectivity index (χ1n) is 9.16. The van der Waals surface area contributed by atoms with E-state index < -0.39 is 0 Å². The summed E-state index contributed by atoms with van der Waals surface area (Å²) in [4.78, 5) is 14.7. The first kappa shape index (κ1) is 17.1. The van der Waals surface area contributed by atoms with Crippen LogP contribution in [-0.4, -0.2) is 48.4 Å². The molecule has 2 heterocycles. The van der Waals surface area contributed by atoms with Crippen molar-refractivity contribution in [3.05, 3.63) is 17.3 Å². The van der Waals surface area contributed by atoms with Gasteiger partial charge in [-0.25, -0.2) is 0 Å². The van der Waals surface area contributed by atoms with Crippen LogP contribution in [0.4, 0.5) is 5.82 Å². The molecule has 1 N–H and O–H groups in total. The Labute approximate surface area is 144 Å². The fourth-order valence-electron chi connectivity index (χ4n) is 3.46. The summed E-state index contributed by atoms with van der Waals surface area (Å²) >= 11 is 0. The van der Waals surface area contributed by atoms with E-state index in [9.17, 15) is 4.79 Å². The Bertz CT molecular complexity index is 564. The van der Waals surface area contributed by atoms with Gasteiger partial charge in [0, 0.05) is 24.7 Å². The second-order valence-electron chi connectivity index (χ2n) is 7.07. The number of nitrogens with zero attached hydrogens (tertiary/aromatic N) is 3. The molecule has 0 atom stereocenters. The summed E-state index contributed by atoms with van der Waals surface area (Å²) in [6.45, 7) is 7.32. The average Bonchev–Trinajstić information content (AvgIpc) is 2.62. The molecule has 0 spiro atoms. The molecule has 0 aromatic carbocycles. The number of anilines is 1. The summed E-state index contributed by atoms with van der Waals surface area (Å²) in [5.41, 5.74) is 1.52. The molecule has 1 saturated carbocycles. The van der Waals surface area contributed by atoms with E-state index in [1.807, 2.05) is 6.07 Å². The lowest BCUT2D eigenvalue weighted by atomic mass is 9.95. The minimum Gasteiger partial charge on any atom is -0.378 e. The Morgan fingerprint density at radius 2 is 1.92 bits per heavy atom. The maximum Gasteiger partial charge on any atom is 0.272 e. The molecule has 1 amide bonds. The fourth-order valence-corrected chi connectivity index (χ4v) is 3.46. The monoisotopic (exact) mass is 332 g/mol. The fraction of sp³-hybridized carbons (Fsp3) is 0.722. The van der Waals surface area contributed by atoms with Crippen molar-refractivity contribution in [3.63, 3.8) is 0 Å². The minimum absolute atomic E-state index is 0.0928. The number of carbonyl (C=O) groups is 1. The van der Waals surface area contributed by atoms with E-state index in [4.69, 9.17) is 4.74 Å². The molecule has 0 unspecified atom stereocenters. The van der Waals surface area contributed by atoms with Crippen molar-refractivity contribution in [2.75, 3.05) is 31.2 Å². The summed E-state index contributed by atoms with van der Waals surface area (Å²) in [5, 5.41) is 11.7. The third-order valence-corrected chi connectivity index (χ3v) is 4.91. The minimum atomic E-state index is -0.0928. The zero-order chi connectivity index (χ0) is 16.9. The van der Waals surface area contributed by atoms with Gasteiger partial charge in [0.2, 0.25) is 0 Å². The molecule has 24 heavy (non-hydrogen) atoms. The summed E-state index contributed by atoms with van der Waals surface area (Å²) in [5.74, 6) is 1.09. The lowest BCUT2D eigenvalue weighted by Crippen LogP contribution is -2.39. The smallest absolute Gasteiger partial charge is 0.272 e. The maximum atomic E-state index is 12.5. The number of ether oxygens (including phenoxy) is 1. The van der Waals surface area contributed by atoms with Crippen molar-refractivity contribution in [2.24, 2.45) is 0 Å². The van der Waals surface area contributed by atoms with Crippen LogP contribution in [-0.2, 0) is 4.74 Å². The first-order chi connectivity index (χ1) is 11.6. The molecule has 2 fully saturated rings. The molecule has 1 aliphatic heterocycles. The van der Waals surface area contributed by atoms with Crippen LogP contribution in [0.2, 0.25) is 0 Å². The SMILES string of the molecule is CC(C)c1cc(C(=O)NC2CCCCC2)nnc1N1CCOCC1. The highest BCUT2D eigenvalue weighted by Gasteiger charge is 2.22. The molecule has 2 aliphatic rings. The largest absolute Gasteiger partial charge is 0.378 e. The second kappa shape index (κ2) is 7.92. The Balaban J connectivity index is 1.76. The number of carbonyl (C=O) groups excluding carboxylic acids is 1. The van der Waals surface area contributed by atoms with Crippen LogP contribution < -0.4 is 10.2 Å². The van der Waals surface area contributed by atoms with Crippen LogP contribution in [0, 0.1) is 0 Å². The molecule has 1 aliphatic carbocycles. The average molecular weight is 332 g/mol. The quantitative estimate of drug-likeness (QED) is 0.917. The van der Waals surface area contributed by atoms with Crippen molar-refractivity contribution >= 4 is 11.7 Å². The highest BCUT2D eigenvalue weighted by atomic mass is 16.5. The molecule has 3 rings (SSSR count). The lowest BCUT2D eigenvalue weighted by Gasteiger charge is -2.30.